The molecule has 11 heteroatoms. The van der Waals surface area contributed by atoms with E-state index in [1.807, 2.05) is 0 Å². The molecule has 3 saturated carbocycles. The fourth-order valence-corrected chi connectivity index (χ4v) is 4.00. The third kappa shape index (κ3) is 4.13. The molecule has 2 bridgehead atoms. The summed E-state index contributed by atoms with van der Waals surface area (Å²) in [6, 6.07) is 3.15. The maximum atomic E-state index is 12.7. The molecule has 0 saturated heterocycles. The second-order valence-corrected chi connectivity index (χ2v) is 7.28. The topological polar surface area (TPSA) is 121 Å². The summed E-state index contributed by atoms with van der Waals surface area (Å²) in [5, 5.41) is 24.5. The molecular formula is C17H20F3N3O5. The Balaban J connectivity index is 1.57. The predicted molar refractivity (Wildman–Crippen MR) is 88.6 cm³/mol. The SMILES string of the molecule is O=C(O)NC12CCC(NC(=O)COc3cccc(C(F)(F)F)n3)(CC1)CC2O. The number of hydrogen-bond donors (Lipinski definition) is 4. The Hall–Kier alpha value is -2.56. The van der Waals surface area contributed by atoms with Gasteiger partial charge in [-0.2, -0.15) is 13.2 Å². The molecule has 1 aromatic heterocycles. The molecule has 0 spiro atoms. The number of carbonyl (C=O) groups is 2. The van der Waals surface area contributed by atoms with Crippen LogP contribution in [-0.4, -0.2) is 51.0 Å². The van der Waals surface area contributed by atoms with Crippen molar-refractivity contribution in [3.63, 3.8) is 0 Å². The second-order valence-electron chi connectivity index (χ2n) is 7.28. The summed E-state index contributed by atoms with van der Waals surface area (Å²) in [7, 11) is 0. The Kier molecular flexibility index (Phi) is 5.13. The fourth-order valence-electron chi connectivity index (χ4n) is 4.00. The van der Waals surface area contributed by atoms with Crippen LogP contribution in [0.25, 0.3) is 0 Å². The number of carbonyl (C=O) groups excluding carboxylic acids is 1. The van der Waals surface area contributed by atoms with E-state index in [1.54, 1.807) is 0 Å². The molecule has 3 aliphatic carbocycles. The number of ether oxygens (including phenoxy) is 1. The molecule has 2 amide bonds. The van der Waals surface area contributed by atoms with E-state index < -0.39 is 47.7 Å². The van der Waals surface area contributed by atoms with Gasteiger partial charge in [0.1, 0.15) is 5.69 Å². The summed E-state index contributed by atoms with van der Waals surface area (Å²) in [5.74, 6) is -0.869. The van der Waals surface area contributed by atoms with Gasteiger partial charge in [-0.05, 0) is 38.2 Å². The number of fused-ring (bicyclic) bond motifs is 3. The van der Waals surface area contributed by atoms with Crippen LogP contribution in [0.1, 0.15) is 37.8 Å². The lowest BCUT2D eigenvalue weighted by atomic mass is 9.60. The van der Waals surface area contributed by atoms with Crippen molar-refractivity contribution in [3.05, 3.63) is 23.9 Å². The average molecular weight is 403 g/mol. The minimum Gasteiger partial charge on any atom is -0.468 e. The lowest BCUT2D eigenvalue weighted by Crippen LogP contribution is -2.70. The van der Waals surface area contributed by atoms with E-state index in [0.29, 0.717) is 25.7 Å². The van der Waals surface area contributed by atoms with Crippen molar-refractivity contribution in [2.45, 2.75) is 55.5 Å². The van der Waals surface area contributed by atoms with Gasteiger partial charge in [0.25, 0.3) is 5.91 Å². The van der Waals surface area contributed by atoms with Crippen LogP contribution < -0.4 is 15.4 Å². The summed E-state index contributed by atoms with van der Waals surface area (Å²) in [5.41, 5.74) is -2.71. The van der Waals surface area contributed by atoms with Crippen molar-refractivity contribution in [1.29, 1.82) is 0 Å². The molecule has 28 heavy (non-hydrogen) atoms. The summed E-state index contributed by atoms with van der Waals surface area (Å²) in [6.07, 6.45) is -4.90. The highest BCUT2D eigenvalue weighted by molar-refractivity contribution is 5.78. The van der Waals surface area contributed by atoms with E-state index in [1.165, 1.54) is 6.07 Å². The molecule has 0 radical (unpaired) electrons. The van der Waals surface area contributed by atoms with E-state index in [9.17, 15) is 27.9 Å². The summed E-state index contributed by atoms with van der Waals surface area (Å²) in [4.78, 5) is 26.5. The van der Waals surface area contributed by atoms with E-state index in [0.717, 1.165) is 12.1 Å². The highest BCUT2D eigenvalue weighted by Crippen LogP contribution is 2.47. The van der Waals surface area contributed by atoms with Gasteiger partial charge in [-0.3, -0.25) is 4.79 Å². The lowest BCUT2D eigenvalue weighted by Gasteiger charge is -2.55. The predicted octanol–water partition coefficient (Wildman–Crippen LogP) is 1.68. The maximum absolute atomic E-state index is 12.7. The van der Waals surface area contributed by atoms with E-state index >= 15 is 0 Å². The standard InChI is InChI=1S/C17H20F3N3O5/c18-17(19,20)10-2-1-3-13(21-10)28-9-12(25)22-15-4-6-16(7-5-15,11(24)8-15)23-14(26)27/h1-3,11,23-24H,4-9H2,(H,22,25)(H,26,27). The molecule has 1 aromatic rings. The first-order chi connectivity index (χ1) is 13.0. The van der Waals surface area contributed by atoms with Crippen molar-refractivity contribution in [2.24, 2.45) is 0 Å². The Morgan fingerprint density at radius 2 is 1.89 bits per heavy atom. The largest absolute Gasteiger partial charge is 0.468 e. The average Bonchev–Trinajstić information content (AvgIpc) is 2.60. The lowest BCUT2D eigenvalue weighted by molar-refractivity contribution is -0.141. The number of rotatable bonds is 5. The number of hydrogen-bond acceptors (Lipinski definition) is 5. The fraction of sp³-hybridized carbons (Fsp3) is 0.588. The quantitative estimate of drug-likeness (QED) is 0.594. The Bertz CT molecular complexity index is 763. The minimum atomic E-state index is -4.61. The number of nitrogens with one attached hydrogen (secondary N) is 2. The van der Waals surface area contributed by atoms with Crippen molar-refractivity contribution < 1.29 is 37.7 Å². The normalized spacial score (nSPS) is 29.2. The number of nitrogens with zero attached hydrogens (tertiary/aromatic N) is 1. The molecule has 4 rings (SSSR count). The van der Waals surface area contributed by atoms with E-state index in [4.69, 9.17) is 9.84 Å². The van der Waals surface area contributed by atoms with Gasteiger partial charge in [0.05, 0.1) is 11.6 Å². The molecule has 3 fully saturated rings. The number of alkyl halides is 3. The number of pyridine rings is 1. The van der Waals surface area contributed by atoms with Gasteiger partial charge >= 0.3 is 12.3 Å². The molecule has 154 valence electrons. The van der Waals surface area contributed by atoms with Crippen molar-refractivity contribution in [2.75, 3.05) is 6.61 Å². The highest BCUT2D eigenvalue weighted by Gasteiger charge is 2.55. The van der Waals surface area contributed by atoms with Crippen molar-refractivity contribution in [3.8, 4) is 5.88 Å². The van der Waals surface area contributed by atoms with Crippen LogP contribution >= 0.6 is 0 Å². The van der Waals surface area contributed by atoms with Gasteiger partial charge in [-0.25, -0.2) is 9.78 Å². The zero-order chi connectivity index (χ0) is 20.6. The minimum absolute atomic E-state index is 0.181. The molecule has 4 N–H and O–H groups in total. The number of aliphatic hydroxyl groups is 1. The third-order valence-corrected chi connectivity index (χ3v) is 5.45. The maximum Gasteiger partial charge on any atom is 0.433 e. The van der Waals surface area contributed by atoms with Gasteiger partial charge < -0.3 is 25.6 Å². The van der Waals surface area contributed by atoms with Crippen LogP contribution in [0.5, 0.6) is 5.88 Å². The van der Waals surface area contributed by atoms with Crippen molar-refractivity contribution in [1.82, 2.24) is 15.6 Å². The van der Waals surface area contributed by atoms with Crippen LogP contribution in [-0.2, 0) is 11.0 Å². The monoisotopic (exact) mass is 403 g/mol. The zero-order valence-corrected chi connectivity index (χ0v) is 14.8. The Morgan fingerprint density at radius 1 is 1.21 bits per heavy atom. The molecule has 1 unspecified atom stereocenters. The summed E-state index contributed by atoms with van der Waals surface area (Å²) < 4.78 is 43.1. The van der Waals surface area contributed by atoms with Gasteiger partial charge in [0.2, 0.25) is 5.88 Å². The Labute approximate surface area is 158 Å². The van der Waals surface area contributed by atoms with E-state index in [-0.39, 0.29) is 12.3 Å². The summed E-state index contributed by atoms with van der Waals surface area (Å²) >= 11 is 0. The zero-order valence-electron chi connectivity index (χ0n) is 14.8. The number of carboxylic acid groups (broad SMARTS) is 1. The molecule has 1 atom stereocenters. The number of aromatic nitrogens is 1. The molecule has 3 aliphatic rings. The summed E-state index contributed by atoms with van der Waals surface area (Å²) in [6.45, 7) is -0.523. The first kappa shape index (κ1) is 20.2. The smallest absolute Gasteiger partial charge is 0.433 e. The molecule has 8 nitrogen and oxygen atoms in total. The van der Waals surface area contributed by atoms with Gasteiger partial charge in [-0.15, -0.1) is 0 Å². The van der Waals surface area contributed by atoms with Crippen LogP contribution in [0.3, 0.4) is 0 Å². The molecule has 0 aliphatic heterocycles. The van der Waals surface area contributed by atoms with Gasteiger partial charge in [0, 0.05) is 11.6 Å². The number of amides is 2. The van der Waals surface area contributed by atoms with Crippen LogP contribution in [0, 0.1) is 0 Å². The molecule has 1 heterocycles. The first-order valence-electron chi connectivity index (χ1n) is 8.71. The van der Waals surface area contributed by atoms with Gasteiger partial charge in [-0.1, -0.05) is 6.07 Å². The second kappa shape index (κ2) is 7.12. The highest BCUT2D eigenvalue weighted by atomic mass is 19.4. The van der Waals surface area contributed by atoms with E-state index in [2.05, 4.69) is 15.6 Å². The van der Waals surface area contributed by atoms with Gasteiger partial charge in [0.15, 0.2) is 6.61 Å². The first-order valence-corrected chi connectivity index (χ1v) is 8.71. The number of aliphatic hydroxyl groups excluding tert-OH is 1. The van der Waals surface area contributed by atoms with Crippen LogP contribution in [0.15, 0.2) is 18.2 Å². The van der Waals surface area contributed by atoms with Crippen molar-refractivity contribution >= 4 is 12.0 Å². The molecule has 0 aromatic carbocycles. The van der Waals surface area contributed by atoms with Crippen LogP contribution in [0.2, 0.25) is 0 Å². The number of halogens is 3. The molecular weight excluding hydrogens is 383 g/mol. The Morgan fingerprint density at radius 3 is 2.46 bits per heavy atom. The van der Waals surface area contributed by atoms with Crippen LogP contribution in [0.4, 0.5) is 18.0 Å². The third-order valence-electron chi connectivity index (χ3n) is 5.45.